The number of carbonyl (C=O) groups is 1. The maximum atomic E-state index is 13.5. The van der Waals surface area contributed by atoms with Crippen molar-refractivity contribution in [2.24, 2.45) is 0 Å². The summed E-state index contributed by atoms with van der Waals surface area (Å²) in [5.74, 6) is 2.49. The van der Waals surface area contributed by atoms with E-state index in [1.807, 2.05) is 83.6 Å². The number of pyridine rings is 1. The van der Waals surface area contributed by atoms with E-state index in [0.29, 0.717) is 35.9 Å². The number of para-hydroxylation sites is 1. The first-order valence-electron chi connectivity index (χ1n) is 14.6. The number of H-pyrrole nitrogens is 1. The van der Waals surface area contributed by atoms with E-state index in [1.54, 1.807) is 20.4 Å². The molecule has 0 unspecified atom stereocenters. The van der Waals surface area contributed by atoms with Crippen LogP contribution in [0.2, 0.25) is 0 Å². The molecule has 222 valence electrons. The van der Waals surface area contributed by atoms with Crippen LogP contribution in [0.25, 0.3) is 16.6 Å². The van der Waals surface area contributed by atoms with E-state index in [1.165, 1.54) is 5.56 Å². The van der Waals surface area contributed by atoms with Crippen LogP contribution in [0, 0.1) is 0 Å². The molecule has 6 aromatic rings. The molecule has 3 heterocycles. The molecular weight excluding hydrogens is 552 g/mol. The van der Waals surface area contributed by atoms with Crippen molar-refractivity contribution in [1.29, 1.82) is 0 Å². The van der Waals surface area contributed by atoms with Gasteiger partial charge in [-0.2, -0.15) is 0 Å². The highest BCUT2D eigenvalue weighted by molar-refractivity contribution is 5.83. The number of fused-ring (bicyclic) bond motifs is 1. The second-order valence-electron chi connectivity index (χ2n) is 10.5. The SMILES string of the molecule is COc1ccc(-n2c(CCc3ccccc3)nnc2[C@@H](Cc2c[nH]c3ccccc23)NC(=O)Cc2ccccn2)c(OC)c1. The fourth-order valence-electron chi connectivity index (χ4n) is 5.49. The highest BCUT2D eigenvalue weighted by Gasteiger charge is 2.27. The monoisotopic (exact) mass is 586 g/mol. The fourth-order valence-corrected chi connectivity index (χ4v) is 5.49. The number of nitrogens with zero attached hydrogens (tertiary/aromatic N) is 4. The van der Waals surface area contributed by atoms with Crippen LogP contribution in [-0.2, 0) is 30.5 Å². The number of carbonyl (C=O) groups excluding carboxylic acids is 1. The number of rotatable bonds is 12. The van der Waals surface area contributed by atoms with Crippen molar-refractivity contribution in [3.63, 3.8) is 0 Å². The summed E-state index contributed by atoms with van der Waals surface area (Å²) in [5.41, 5.74) is 4.75. The second kappa shape index (κ2) is 13.2. The Balaban J connectivity index is 1.43. The lowest BCUT2D eigenvalue weighted by molar-refractivity contribution is -0.121. The van der Waals surface area contributed by atoms with Gasteiger partial charge in [0.15, 0.2) is 5.82 Å². The fraction of sp³-hybridized carbons (Fsp3) is 0.200. The lowest BCUT2D eigenvalue weighted by Crippen LogP contribution is -2.33. The number of hydrogen-bond acceptors (Lipinski definition) is 6. The number of ether oxygens (including phenoxy) is 2. The molecule has 3 aromatic heterocycles. The van der Waals surface area contributed by atoms with E-state index in [4.69, 9.17) is 14.6 Å². The Labute approximate surface area is 255 Å². The van der Waals surface area contributed by atoms with E-state index in [-0.39, 0.29) is 12.3 Å². The molecule has 0 saturated heterocycles. The molecule has 9 nitrogen and oxygen atoms in total. The minimum Gasteiger partial charge on any atom is -0.497 e. The van der Waals surface area contributed by atoms with Crippen molar-refractivity contribution in [1.82, 2.24) is 30.0 Å². The molecule has 0 saturated carbocycles. The molecule has 0 radical (unpaired) electrons. The van der Waals surface area contributed by atoms with E-state index in [9.17, 15) is 4.79 Å². The van der Waals surface area contributed by atoms with Crippen molar-refractivity contribution < 1.29 is 14.3 Å². The van der Waals surface area contributed by atoms with Crippen LogP contribution in [0.1, 0.15) is 34.5 Å². The number of amides is 1. The predicted octanol–water partition coefficient (Wildman–Crippen LogP) is 5.59. The Morgan fingerprint density at radius 2 is 1.73 bits per heavy atom. The third kappa shape index (κ3) is 6.32. The van der Waals surface area contributed by atoms with Crippen molar-refractivity contribution in [2.45, 2.75) is 31.7 Å². The highest BCUT2D eigenvalue weighted by atomic mass is 16.5. The first-order valence-corrected chi connectivity index (χ1v) is 14.6. The number of aryl methyl sites for hydroxylation is 2. The summed E-state index contributed by atoms with van der Waals surface area (Å²) in [4.78, 5) is 21.2. The molecule has 2 N–H and O–H groups in total. The van der Waals surface area contributed by atoms with Crippen molar-refractivity contribution in [2.75, 3.05) is 14.2 Å². The number of methoxy groups -OCH3 is 2. The zero-order valence-corrected chi connectivity index (χ0v) is 24.7. The van der Waals surface area contributed by atoms with E-state index in [0.717, 1.165) is 34.4 Å². The van der Waals surface area contributed by atoms with Crippen molar-refractivity contribution in [3.05, 3.63) is 132 Å². The van der Waals surface area contributed by atoms with Gasteiger partial charge in [-0.1, -0.05) is 54.6 Å². The highest BCUT2D eigenvalue weighted by Crippen LogP contribution is 2.33. The second-order valence-corrected chi connectivity index (χ2v) is 10.5. The first kappa shape index (κ1) is 28.7. The molecule has 0 bridgehead atoms. The average Bonchev–Trinajstić information content (AvgIpc) is 3.68. The molecule has 0 spiro atoms. The van der Waals surface area contributed by atoms with Gasteiger partial charge in [0.25, 0.3) is 0 Å². The average molecular weight is 587 g/mol. The lowest BCUT2D eigenvalue weighted by Gasteiger charge is -2.21. The summed E-state index contributed by atoms with van der Waals surface area (Å²) in [7, 11) is 3.25. The van der Waals surface area contributed by atoms with Gasteiger partial charge in [0.1, 0.15) is 17.3 Å². The molecule has 0 fully saturated rings. The number of aromatic amines is 1. The van der Waals surface area contributed by atoms with Gasteiger partial charge in [0, 0.05) is 47.9 Å². The zero-order chi connectivity index (χ0) is 30.3. The Morgan fingerprint density at radius 1 is 0.909 bits per heavy atom. The quantitative estimate of drug-likeness (QED) is 0.194. The Bertz CT molecular complexity index is 1850. The molecule has 0 aliphatic rings. The van der Waals surface area contributed by atoms with Gasteiger partial charge in [0.05, 0.1) is 32.4 Å². The third-order valence-corrected chi connectivity index (χ3v) is 7.68. The molecule has 0 aliphatic heterocycles. The van der Waals surface area contributed by atoms with Crippen molar-refractivity contribution in [3.8, 4) is 17.2 Å². The van der Waals surface area contributed by atoms with E-state index < -0.39 is 6.04 Å². The van der Waals surface area contributed by atoms with Gasteiger partial charge in [-0.25, -0.2) is 0 Å². The van der Waals surface area contributed by atoms with Crippen LogP contribution in [0.3, 0.4) is 0 Å². The first-order chi connectivity index (χ1) is 21.6. The molecule has 44 heavy (non-hydrogen) atoms. The van der Waals surface area contributed by atoms with Gasteiger partial charge < -0.3 is 19.8 Å². The van der Waals surface area contributed by atoms with Gasteiger partial charge in [0.2, 0.25) is 5.91 Å². The number of hydrogen-bond donors (Lipinski definition) is 2. The third-order valence-electron chi connectivity index (χ3n) is 7.68. The molecular formula is C35H34N6O3. The van der Waals surface area contributed by atoms with Crippen LogP contribution in [0.4, 0.5) is 0 Å². The molecule has 1 amide bonds. The summed E-state index contributed by atoms with van der Waals surface area (Å²) in [6.07, 6.45) is 5.73. The Kier molecular flexibility index (Phi) is 8.63. The molecule has 0 aliphatic carbocycles. The van der Waals surface area contributed by atoms with Crippen LogP contribution in [0.5, 0.6) is 11.5 Å². The van der Waals surface area contributed by atoms with Crippen LogP contribution in [0.15, 0.2) is 103 Å². The lowest BCUT2D eigenvalue weighted by atomic mass is 10.0. The molecule has 6 rings (SSSR count). The summed E-state index contributed by atoms with van der Waals surface area (Å²) in [6.45, 7) is 0. The summed E-state index contributed by atoms with van der Waals surface area (Å²) < 4.78 is 13.3. The van der Waals surface area contributed by atoms with Gasteiger partial charge in [-0.05, 0) is 47.9 Å². The minimum atomic E-state index is -0.504. The van der Waals surface area contributed by atoms with Gasteiger partial charge >= 0.3 is 0 Å². The number of nitrogens with one attached hydrogen (secondary N) is 2. The van der Waals surface area contributed by atoms with Crippen LogP contribution in [-0.4, -0.2) is 44.9 Å². The largest absolute Gasteiger partial charge is 0.497 e. The zero-order valence-electron chi connectivity index (χ0n) is 24.7. The standard InChI is InChI=1S/C35H34N6O3/c1-43-27-16-17-31(32(22-27)44-2)41-33(18-15-24-10-4-3-5-11-24)39-40-35(41)30(38-34(42)21-26-12-8-9-19-36-26)20-25-23-37-29-14-7-6-13-28(25)29/h3-14,16-17,19,22-23,30,37H,15,18,20-21H2,1-2H3,(H,38,42)/t30-/m1/s1. The van der Waals surface area contributed by atoms with E-state index >= 15 is 0 Å². The van der Waals surface area contributed by atoms with Crippen molar-refractivity contribution >= 4 is 16.8 Å². The molecule has 1 atom stereocenters. The molecule has 9 heteroatoms. The maximum Gasteiger partial charge on any atom is 0.226 e. The topological polar surface area (TPSA) is 107 Å². The summed E-state index contributed by atoms with van der Waals surface area (Å²) in [5, 5.41) is 13.8. The van der Waals surface area contributed by atoms with E-state index in [2.05, 4.69) is 38.6 Å². The Morgan fingerprint density at radius 3 is 2.52 bits per heavy atom. The van der Waals surface area contributed by atoms with Crippen LogP contribution >= 0.6 is 0 Å². The minimum absolute atomic E-state index is 0.145. The van der Waals surface area contributed by atoms with Gasteiger partial charge in [-0.3, -0.25) is 14.3 Å². The van der Waals surface area contributed by atoms with Gasteiger partial charge in [-0.15, -0.1) is 10.2 Å². The smallest absolute Gasteiger partial charge is 0.226 e. The van der Waals surface area contributed by atoms with Crippen LogP contribution < -0.4 is 14.8 Å². The number of aromatic nitrogens is 5. The molecule has 3 aromatic carbocycles. The number of benzene rings is 3. The summed E-state index contributed by atoms with van der Waals surface area (Å²) >= 11 is 0. The Hall–Kier alpha value is -5.44. The summed E-state index contributed by atoms with van der Waals surface area (Å²) in [6, 6.07) is 29.1. The predicted molar refractivity (Wildman–Crippen MR) is 169 cm³/mol. The maximum absolute atomic E-state index is 13.5. The normalized spacial score (nSPS) is 11.8.